The Morgan fingerprint density at radius 1 is 1.02 bits per heavy atom. The summed E-state index contributed by atoms with van der Waals surface area (Å²) in [5, 5.41) is 40.3. The van der Waals surface area contributed by atoms with E-state index in [0.717, 1.165) is 27.0 Å². The molecular formula is C36H47N5O5. The van der Waals surface area contributed by atoms with Crippen LogP contribution in [0.3, 0.4) is 0 Å². The van der Waals surface area contributed by atoms with Crippen molar-refractivity contribution in [2.45, 2.75) is 76.4 Å². The van der Waals surface area contributed by atoms with Crippen LogP contribution in [0.25, 0.3) is 0 Å². The van der Waals surface area contributed by atoms with Crippen molar-refractivity contribution in [1.82, 2.24) is 20.4 Å². The normalized spacial score (nSPS) is 21.7. The molecule has 1 aromatic heterocycles. The Kier molecular flexibility index (Phi) is 10.7. The summed E-state index contributed by atoms with van der Waals surface area (Å²) >= 11 is 0. The summed E-state index contributed by atoms with van der Waals surface area (Å²) in [5.74, 6) is -0.879. The van der Waals surface area contributed by atoms with E-state index in [0.29, 0.717) is 39.0 Å². The number of amides is 2. The summed E-state index contributed by atoms with van der Waals surface area (Å²) in [6.45, 7) is 8.23. The number of pyridine rings is 1. The molecule has 10 nitrogen and oxygen atoms in total. The van der Waals surface area contributed by atoms with E-state index in [2.05, 4.69) is 15.5 Å². The third-order valence-corrected chi connectivity index (χ3v) is 8.82. The van der Waals surface area contributed by atoms with E-state index in [4.69, 9.17) is 0 Å². The van der Waals surface area contributed by atoms with Crippen molar-refractivity contribution in [3.05, 3.63) is 107 Å². The molecule has 10 heteroatoms. The minimum Gasteiger partial charge on any atom is -0.619 e. The molecule has 2 heterocycles. The van der Waals surface area contributed by atoms with E-state index < -0.39 is 35.7 Å². The number of β-amino-alcohol motifs (C(OH)–C–C–N with tert-alkyl or cyclic N) is 1. The Morgan fingerprint density at radius 2 is 1.74 bits per heavy atom. The van der Waals surface area contributed by atoms with Gasteiger partial charge in [0.15, 0.2) is 12.4 Å². The Bertz CT molecular complexity index is 1480. The number of fused-ring (bicyclic) bond motifs is 1. The summed E-state index contributed by atoms with van der Waals surface area (Å²) in [7, 11) is 0. The summed E-state index contributed by atoms with van der Waals surface area (Å²) < 4.78 is 0.778. The van der Waals surface area contributed by atoms with Gasteiger partial charge < -0.3 is 26.1 Å². The van der Waals surface area contributed by atoms with Gasteiger partial charge in [0.1, 0.15) is 6.04 Å². The lowest BCUT2D eigenvalue weighted by molar-refractivity contribution is -0.605. The highest BCUT2D eigenvalue weighted by atomic mass is 16.5. The maximum Gasteiger partial charge on any atom is 0.239 e. The lowest BCUT2D eigenvalue weighted by Crippen LogP contribution is -2.62. The molecule has 5 rings (SSSR count). The average molecular weight is 630 g/mol. The third kappa shape index (κ3) is 8.91. The highest BCUT2D eigenvalue weighted by molar-refractivity contribution is 5.83. The highest BCUT2D eigenvalue weighted by Crippen LogP contribution is 2.32. The van der Waals surface area contributed by atoms with Gasteiger partial charge in [0.05, 0.1) is 18.2 Å². The van der Waals surface area contributed by atoms with Crippen molar-refractivity contribution in [1.29, 1.82) is 0 Å². The summed E-state index contributed by atoms with van der Waals surface area (Å²) in [6, 6.07) is 20.1. The maximum atomic E-state index is 13.8. The minimum absolute atomic E-state index is 0.121. The smallest absolute Gasteiger partial charge is 0.239 e. The van der Waals surface area contributed by atoms with Crippen LogP contribution < -0.4 is 15.4 Å². The second-order valence-electron chi connectivity index (χ2n) is 13.8. The van der Waals surface area contributed by atoms with Gasteiger partial charge in [0.2, 0.25) is 11.8 Å². The van der Waals surface area contributed by atoms with Crippen LogP contribution in [0.1, 0.15) is 55.5 Å². The van der Waals surface area contributed by atoms with E-state index in [-0.39, 0.29) is 24.8 Å². The minimum atomic E-state index is -0.870. The van der Waals surface area contributed by atoms with Crippen molar-refractivity contribution >= 4 is 11.8 Å². The predicted octanol–water partition coefficient (Wildman–Crippen LogP) is 2.11. The van der Waals surface area contributed by atoms with Crippen molar-refractivity contribution < 1.29 is 24.5 Å². The maximum absolute atomic E-state index is 13.8. The van der Waals surface area contributed by atoms with Gasteiger partial charge in [-0.05, 0) is 56.4 Å². The number of benzene rings is 2. The number of nitrogens with zero attached hydrogens (tertiary/aromatic N) is 3. The molecule has 1 aliphatic heterocycles. The third-order valence-electron chi connectivity index (χ3n) is 8.82. The van der Waals surface area contributed by atoms with Crippen molar-refractivity contribution in [2.24, 2.45) is 5.92 Å². The molecule has 1 fully saturated rings. The molecule has 4 N–H and O–H groups in total. The SMILES string of the molecule is CC(C)(C)NC(=O)[C@@H]1CN(Cc2ccc[n+]([O-])c2)CCN1C[C@@H](O)C[C@@H](Cc1ccccc1)C(=O)N[C@H]1c2ccccc2C[C@H]1O. The standard InChI is InChI=1S/C36H47N5O5/c1-36(2,3)38-35(45)31-24-39(21-26-12-9-15-41(46)22-26)16-17-40(31)23-29(42)19-28(18-25-10-5-4-6-11-25)34(44)37-33-30-14-8-7-13-27(30)20-32(33)43/h4-15,22,28-29,31-33,42-43H,16-21,23-24H2,1-3H3,(H,37,44)(H,38,45)/t28-,29+,31+,32-,33+/m1/s1. The Balaban J connectivity index is 1.29. The number of aliphatic hydroxyl groups excluding tert-OH is 2. The molecule has 5 atom stereocenters. The molecule has 0 bridgehead atoms. The Hall–Kier alpha value is -3.83. The fourth-order valence-electron chi connectivity index (χ4n) is 6.67. The van der Waals surface area contributed by atoms with E-state index >= 15 is 0 Å². The molecule has 0 radical (unpaired) electrons. The van der Waals surface area contributed by atoms with Gasteiger partial charge in [-0.1, -0.05) is 54.6 Å². The molecule has 2 aliphatic rings. The van der Waals surface area contributed by atoms with Crippen molar-refractivity contribution in [2.75, 3.05) is 26.2 Å². The Labute approximate surface area is 271 Å². The molecular weight excluding hydrogens is 582 g/mol. The molecule has 0 spiro atoms. The van der Waals surface area contributed by atoms with Crippen LogP contribution in [0.4, 0.5) is 0 Å². The van der Waals surface area contributed by atoms with E-state index in [1.807, 2.05) is 86.3 Å². The van der Waals surface area contributed by atoms with Gasteiger partial charge in [-0.2, -0.15) is 4.73 Å². The summed E-state index contributed by atoms with van der Waals surface area (Å²) in [5.41, 5.74) is 3.37. The quantitative estimate of drug-likeness (QED) is 0.189. The number of rotatable bonds is 11. The second-order valence-corrected chi connectivity index (χ2v) is 13.8. The fraction of sp³-hybridized carbons (Fsp3) is 0.472. The van der Waals surface area contributed by atoms with Crippen LogP contribution in [-0.2, 0) is 29.0 Å². The number of carbonyl (C=O) groups excluding carboxylic acids is 2. The monoisotopic (exact) mass is 629 g/mol. The lowest BCUT2D eigenvalue weighted by atomic mass is 9.91. The summed E-state index contributed by atoms with van der Waals surface area (Å²) in [4.78, 5) is 31.5. The summed E-state index contributed by atoms with van der Waals surface area (Å²) in [6.07, 6.45) is 2.53. The second kappa shape index (κ2) is 14.7. The predicted molar refractivity (Wildman–Crippen MR) is 175 cm³/mol. The molecule has 46 heavy (non-hydrogen) atoms. The van der Waals surface area contributed by atoms with E-state index in [1.165, 1.54) is 6.20 Å². The van der Waals surface area contributed by atoms with Gasteiger partial charge in [-0.3, -0.25) is 19.4 Å². The number of aromatic nitrogens is 1. The largest absolute Gasteiger partial charge is 0.619 e. The average Bonchev–Trinajstić information content (AvgIpc) is 3.31. The fourth-order valence-corrected chi connectivity index (χ4v) is 6.67. The van der Waals surface area contributed by atoms with Crippen LogP contribution in [0, 0.1) is 11.1 Å². The zero-order valence-electron chi connectivity index (χ0n) is 27.0. The number of hydrogen-bond acceptors (Lipinski definition) is 7. The van der Waals surface area contributed by atoms with Gasteiger partial charge >= 0.3 is 0 Å². The zero-order chi connectivity index (χ0) is 32.8. The molecule has 2 aromatic carbocycles. The van der Waals surface area contributed by atoms with Gasteiger partial charge in [0.25, 0.3) is 0 Å². The van der Waals surface area contributed by atoms with Crippen LogP contribution in [0.5, 0.6) is 0 Å². The molecule has 3 aromatic rings. The Morgan fingerprint density at radius 3 is 2.48 bits per heavy atom. The first-order valence-electron chi connectivity index (χ1n) is 16.2. The molecule has 1 aliphatic carbocycles. The van der Waals surface area contributed by atoms with Crippen LogP contribution in [-0.4, -0.2) is 81.8 Å². The number of piperazine rings is 1. The van der Waals surface area contributed by atoms with Crippen LogP contribution in [0.2, 0.25) is 0 Å². The van der Waals surface area contributed by atoms with Crippen LogP contribution in [0.15, 0.2) is 79.1 Å². The van der Waals surface area contributed by atoms with Gasteiger partial charge in [-0.25, -0.2) is 0 Å². The molecule has 246 valence electrons. The lowest BCUT2D eigenvalue weighted by Gasteiger charge is -2.42. The molecule has 0 unspecified atom stereocenters. The van der Waals surface area contributed by atoms with Gasteiger partial charge in [0, 0.05) is 62.2 Å². The van der Waals surface area contributed by atoms with E-state index in [9.17, 15) is 25.0 Å². The first-order chi connectivity index (χ1) is 21.9. The number of aliphatic hydroxyl groups is 2. The zero-order valence-corrected chi connectivity index (χ0v) is 27.0. The number of nitrogens with one attached hydrogen (secondary N) is 2. The first kappa shape index (κ1) is 33.5. The molecule has 2 amide bonds. The molecule has 0 saturated carbocycles. The van der Waals surface area contributed by atoms with Gasteiger partial charge in [-0.15, -0.1) is 0 Å². The number of hydrogen-bond donors (Lipinski definition) is 4. The van der Waals surface area contributed by atoms with Crippen molar-refractivity contribution in [3.8, 4) is 0 Å². The highest BCUT2D eigenvalue weighted by Gasteiger charge is 2.37. The van der Waals surface area contributed by atoms with Crippen LogP contribution >= 0.6 is 0 Å². The van der Waals surface area contributed by atoms with E-state index in [1.54, 1.807) is 12.3 Å². The topological polar surface area (TPSA) is 132 Å². The number of carbonyl (C=O) groups is 2. The first-order valence-corrected chi connectivity index (χ1v) is 16.2. The molecule has 1 saturated heterocycles. The van der Waals surface area contributed by atoms with Crippen molar-refractivity contribution in [3.63, 3.8) is 0 Å².